The van der Waals surface area contributed by atoms with Gasteiger partial charge in [0, 0.05) is 6.54 Å². The van der Waals surface area contributed by atoms with E-state index in [1.807, 2.05) is 0 Å². The molecule has 1 N–H and O–H groups in total. The Morgan fingerprint density at radius 2 is 2.10 bits per heavy atom. The molecule has 2 rings (SSSR count). The Hall–Kier alpha value is -0.860. The van der Waals surface area contributed by atoms with E-state index in [9.17, 15) is 13.2 Å². The zero-order valence-corrected chi connectivity index (χ0v) is 13.2. The third-order valence-electron chi connectivity index (χ3n) is 3.08. The Bertz CT molecular complexity index is 649. The average Bonchev–Trinajstić information content (AvgIpc) is 2.41. The minimum absolute atomic E-state index is 0.0193. The molecule has 21 heavy (non-hydrogen) atoms. The number of rotatable bonds is 4. The summed E-state index contributed by atoms with van der Waals surface area (Å²) in [5, 5.41) is 9.26. The minimum Gasteiger partial charge on any atom is -0.481 e. The first-order chi connectivity index (χ1) is 9.82. The molecule has 116 valence electrons. The van der Waals surface area contributed by atoms with Crippen LogP contribution in [0.25, 0.3) is 0 Å². The summed E-state index contributed by atoms with van der Waals surface area (Å²) in [6, 6.07) is 3.25. The molecule has 0 spiro atoms. The lowest BCUT2D eigenvalue weighted by atomic mass is 10.2. The Balaban J connectivity index is 2.35. The van der Waals surface area contributed by atoms with E-state index < -0.39 is 22.0 Å². The number of carboxylic acids is 1. The Morgan fingerprint density at radius 1 is 1.38 bits per heavy atom. The minimum atomic E-state index is -3.85. The Labute approximate surface area is 132 Å². The van der Waals surface area contributed by atoms with E-state index in [4.69, 9.17) is 33.0 Å². The third kappa shape index (κ3) is 3.67. The van der Waals surface area contributed by atoms with E-state index in [-0.39, 0.29) is 41.1 Å². The van der Waals surface area contributed by atoms with Crippen LogP contribution in [0.4, 0.5) is 0 Å². The number of aliphatic carboxylic acids is 1. The summed E-state index contributed by atoms with van der Waals surface area (Å²) in [6.45, 7) is 0.365. The molecule has 1 saturated heterocycles. The highest BCUT2D eigenvalue weighted by Crippen LogP contribution is 2.28. The molecule has 1 heterocycles. The second kappa shape index (κ2) is 6.50. The lowest BCUT2D eigenvalue weighted by Crippen LogP contribution is -2.49. The molecule has 1 unspecified atom stereocenters. The van der Waals surface area contributed by atoms with Gasteiger partial charge in [-0.05, 0) is 18.2 Å². The lowest BCUT2D eigenvalue weighted by molar-refractivity contribution is -0.139. The molecule has 1 fully saturated rings. The molecule has 0 saturated carbocycles. The normalized spacial score (nSPS) is 20.4. The lowest BCUT2D eigenvalue weighted by Gasteiger charge is -2.33. The Morgan fingerprint density at radius 3 is 2.71 bits per heavy atom. The summed E-state index contributed by atoms with van der Waals surface area (Å²) in [6.07, 6.45) is -0.319. The summed E-state index contributed by atoms with van der Waals surface area (Å²) in [5.41, 5.74) is 0. The molecule has 0 aliphatic carbocycles. The maximum absolute atomic E-state index is 12.6. The highest BCUT2D eigenvalue weighted by Gasteiger charge is 2.35. The van der Waals surface area contributed by atoms with E-state index in [0.717, 1.165) is 4.31 Å². The molecule has 0 radical (unpaired) electrons. The fourth-order valence-electron chi connectivity index (χ4n) is 2.09. The number of ether oxygens (including phenoxy) is 1. The van der Waals surface area contributed by atoms with Crippen LogP contribution < -0.4 is 0 Å². The van der Waals surface area contributed by atoms with Crippen LogP contribution in [0.2, 0.25) is 10.0 Å². The van der Waals surface area contributed by atoms with Gasteiger partial charge in [0.05, 0.1) is 40.6 Å². The van der Waals surface area contributed by atoms with Gasteiger partial charge in [-0.25, -0.2) is 8.42 Å². The number of hydrogen-bond acceptors (Lipinski definition) is 4. The smallest absolute Gasteiger partial charge is 0.305 e. The van der Waals surface area contributed by atoms with E-state index >= 15 is 0 Å². The highest BCUT2D eigenvalue weighted by molar-refractivity contribution is 7.89. The number of benzene rings is 1. The second-order valence-corrected chi connectivity index (χ2v) is 7.22. The van der Waals surface area contributed by atoms with Crippen LogP contribution in [-0.4, -0.2) is 49.6 Å². The van der Waals surface area contributed by atoms with Crippen LogP contribution in [0.1, 0.15) is 6.42 Å². The molecule has 1 aliphatic heterocycles. The van der Waals surface area contributed by atoms with Crippen LogP contribution in [-0.2, 0) is 19.6 Å². The van der Waals surface area contributed by atoms with E-state index in [1.165, 1.54) is 18.2 Å². The number of morpholine rings is 1. The maximum Gasteiger partial charge on any atom is 0.305 e. The maximum atomic E-state index is 12.6. The predicted octanol–water partition coefficient (Wildman–Crippen LogP) is 1.86. The molecule has 1 atom stereocenters. The number of sulfonamides is 1. The number of halogens is 2. The summed E-state index contributed by atoms with van der Waals surface area (Å²) in [7, 11) is -3.85. The molecule has 0 aromatic heterocycles. The van der Waals surface area contributed by atoms with E-state index in [0.29, 0.717) is 0 Å². The van der Waals surface area contributed by atoms with Crippen molar-refractivity contribution in [3.05, 3.63) is 28.2 Å². The van der Waals surface area contributed by atoms with Gasteiger partial charge in [-0.15, -0.1) is 0 Å². The van der Waals surface area contributed by atoms with E-state index in [2.05, 4.69) is 0 Å². The van der Waals surface area contributed by atoms with Crippen molar-refractivity contribution in [1.29, 1.82) is 0 Å². The molecule has 0 bridgehead atoms. The van der Waals surface area contributed by atoms with Crippen molar-refractivity contribution in [3.8, 4) is 0 Å². The largest absolute Gasteiger partial charge is 0.481 e. The van der Waals surface area contributed by atoms with Gasteiger partial charge < -0.3 is 9.84 Å². The molecule has 9 heteroatoms. The van der Waals surface area contributed by atoms with Crippen molar-refractivity contribution in [3.63, 3.8) is 0 Å². The highest BCUT2D eigenvalue weighted by atomic mass is 35.5. The monoisotopic (exact) mass is 353 g/mol. The van der Waals surface area contributed by atoms with Crippen LogP contribution in [0, 0.1) is 0 Å². The van der Waals surface area contributed by atoms with Gasteiger partial charge in [0.2, 0.25) is 10.0 Å². The summed E-state index contributed by atoms with van der Waals surface area (Å²) >= 11 is 11.6. The zero-order valence-electron chi connectivity index (χ0n) is 10.8. The van der Waals surface area contributed by atoms with Crippen molar-refractivity contribution in [1.82, 2.24) is 4.31 Å². The van der Waals surface area contributed by atoms with Crippen molar-refractivity contribution in [2.75, 3.05) is 19.8 Å². The molecule has 1 aromatic rings. The first-order valence-electron chi connectivity index (χ1n) is 6.09. The van der Waals surface area contributed by atoms with Crippen LogP contribution in [0.5, 0.6) is 0 Å². The van der Waals surface area contributed by atoms with E-state index in [1.54, 1.807) is 0 Å². The number of hydrogen-bond donors (Lipinski definition) is 1. The quantitative estimate of drug-likeness (QED) is 0.892. The molecule has 6 nitrogen and oxygen atoms in total. The van der Waals surface area contributed by atoms with Gasteiger partial charge in [-0.2, -0.15) is 4.31 Å². The predicted molar refractivity (Wildman–Crippen MR) is 77.2 cm³/mol. The van der Waals surface area contributed by atoms with Crippen LogP contribution in [0.3, 0.4) is 0 Å². The average molecular weight is 354 g/mol. The number of carbonyl (C=O) groups is 1. The van der Waals surface area contributed by atoms with Crippen molar-refractivity contribution < 1.29 is 23.1 Å². The van der Waals surface area contributed by atoms with Gasteiger partial charge in [0.1, 0.15) is 0 Å². The fourth-order valence-corrected chi connectivity index (χ4v) is 4.07. The summed E-state index contributed by atoms with van der Waals surface area (Å²) < 4.78 is 31.6. The SMILES string of the molecule is O=C(O)CC1COCCN1S(=O)(=O)c1ccc(Cl)c(Cl)c1. The van der Waals surface area contributed by atoms with Crippen LogP contribution in [0.15, 0.2) is 23.1 Å². The van der Waals surface area contributed by atoms with Gasteiger partial charge in [-0.1, -0.05) is 23.2 Å². The molecule has 0 amide bonds. The molecular weight excluding hydrogens is 341 g/mol. The molecule has 1 aromatic carbocycles. The van der Waals surface area contributed by atoms with Gasteiger partial charge in [0.15, 0.2) is 0 Å². The van der Waals surface area contributed by atoms with Crippen molar-refractivity contribution in [2.24, 2.45) is 0 Å². The van der Waals surface area contributed by atoms with Gasteiger partial charge >= 0.3 is 5.97 Å². The second-order valence-electron chi connectivity index (χ2n) is 4.52. The third-order valence-corrected chi connectivity index (χ3v) is 5.77. The molecular formula is C12H13Cl2NO5S. The first kappa shape index (κ1) is 16.5. The van der Waals surface area contributed by atoms with Gasteiger partial charge in [0.25, 0.3) is 0 Å². The van der Waals surface area contributed by atoms with Crippen LogP contribution >= 0.6 is 23.2 Å². The first-order valence-corrected chi connectivity index (χ1v) is 8.28. The van der Waals surface area contributed by atoms with Crippen molar-refractivity contribution in [2.45, 2.75) is 17.4 Å². The fraction of sp³-hybridized carbons (Fsp3) is 0.417. The number of carboxylic acid groups (broad SMARTS) is 1. The van der Waals surface area contributed by atoms with Crippen molar-refractivity contribution >= 4 is 39.2 Å². The summed E-state index contributed by atoms with van der Waals surface area (Å²) in [5.74, 6) is -1.08. The standard InChI is InChI=1S/C12H13Cl2NO5S/c13-10-2-1-9(6-11(10)14)21(18,19)15-3-4-20-7-8(15)5-12(16)17/h1-2,6,8H,3-5,7H2,(H,16,17). The Kier molecular flexibility index (Phi) is 5.11. The topological polar surface area (TPSA) is 83.9 Å². The molecule has 1 aliphatic rings. The zero-order chi connectivity index (χ0) is 15.6. The number of nitrogens with zero attached hydrogens (tertiary/aromatic N) is 1. The van der Waals surface area contributed by atoms with Gasteiger partial charge in [-0.3, -0.25) is 4.79 Å². The summed E-state index contributed by atoms with van der Waals surface area (Å²) in [4.78, 5) is 10.8.